The molecule has 18 heavy (non-hydrogen) atoms. The third-order valence-corrected chi connectivity index (χ3v) is 3.59. The van der Waals surface area contributed by atoms with Crippen LogP contribution in [0.25, 0.3) is 0 Å². The van der Waals surface area contributed by atoms with Gasteiger partial charge in [0.1, 0.15) is 0 Å². The smallest absolute Gasteiger partial charge is 0.189 e. The standard InChI is InChI=1S/C15H25N3/c1-14(2,3)15(4,5)18-13(16)17-11-12-9-7-6-8-10-12/h6-10H,11H2,1-5H3,(H3,16,17,18). The van der Waals surface area contributed by atoms with E-state index in [2.05, 4.69) is 44.9 Å². The minimum Gasteiger partial charge on any atom is -0.370 e. The molecule has 100 valence electrons. The fraction of sp³-hybridized carbons (Fsp3) is 0.533. The summed E-state index contributed by atoms with van der Waals surface area (Å²) in [6, 6.07) is 10.1. The number of nitrogens with two attached hydrogens (primary N) is 1. The van der Waals surface area contributed by atoms with Gasteiger partial charge in [-0.25, -0.2) is 4.99 Å². The first-order valence-electron chi connectivity index (χ1n) is 6.34. The molecule has 0 fully saturated rings. The van der Waals surface area contributed by atoms with Gasteiger partial charge >= 0.3 is 0 Å². The van der Waals surface area contributed by atoms with Gasteiger partial charge in [0.15, 0.2) is 5.96 Å². The van der Waals surface area contributed by atoms with Gasteiger partial charge in [0.25, 0.3) is 0 Å². The number of hydrogen-bond donors (Lipinski definition) is 2. The highest BCUT2D eigenvalue weighted by molar-refractivity contribution is 5.78. The Bertz CT molecular complexity index is 399. The van der Waals surface area contributed by atoms with Gasteiger partial charge in [0.2, 0.25) is 0 Å². The molecule has 0 aliphatic carbocycles. The lowest BCUT2D eigenvalue weighted by atomic mass is 9.76. The van der Waals surface area contributed by atoms with E-state index in [1.807, 2.05) is 30.3 Å². The third-order valence-electron chi connectivity index (χ3n) is 3.59. The van der Waals surface area contributed by atoms with Crippen LogP contribution in [-0.2, 0) is 6.54 Å². The summed E-state index contributed by atoms with van der Waals surface area (Å²) < 4.78 is 0. The molecule has 3 N–H and O–H groups in total. The minimum absolute atomic E-state index is 0.0999. The maximum Gasteiger partial charge on any atom is 0.189 e. The molecule has 3 heteroatoms. The van der Waals surface area contributed by atoms with Crippen LogP contribution in [0.3, 0.4) is 0 Å². The monoisotopic (exact) mass is 247 g/mol. The topological polar surface area (TPSA) is 50.4 Å². The molecule has 0 bridgehead atoms. The highest BCUT2D eigenvalue weighted by Gasteiger charge is 2.32. The zero-order valence-electron chi connectivity index (χ0n) is 12.1. The average molecular weight is 247 g/mol. The number of rotatable bonds is 3. The predicted molar refractivity (Wildman–Crippen MR) is 78.4 cm³/mol. The summed E-state index contributed by atoms with van der Waals surface area (Å²) in [6.07, 6.45) is 0. The number of benzene rings is 1. The molecular formula is C15H25N3. The van der Waals surface area contributed by atoms with E-state index in [-0.39, 0.29) is 11.0 Å². The summed E-state index contributed by atoms with van der Waals surface area (Å²) in [5.74, 6) is 0.499. The van der Waals surface area contributed by atoms with Crippen LogP contribution in [0, 0.1) is 5.41 Å². The van der Waals surface area contributed by atoms with Crippen LogP contribution in [-0.4, -0.2) is 11.5 Å². The zero-order chi connectivity index (χ0) is 13.8. The van der Waals surface area contributed by atoms with Gasteiger partial charge < -0.3 is 11.1 Å². The van der Waals surface area contributed by atoms with Crippen LogP contribution in [0.15, 0.2) is 35.3 Å². The highest BCUT2D eigenvalue weighted by Crippen LogP contribution is 2.28. The number of nitrogens with one attached hydrogen (secondary N) is 1. The zero-order valence-corrected chi connectivity index (χ0v) is 12.1. The first-order chi connectivity index (χ1) is 8.22. The van der Waals surface area contributed by atoms with Gasteiger partial charge in [-0.05, 0) is 24.8 Å². The minimum atomic E-state index is -0.0999. The Labute approximate surface area is 111 Å². The second-order valence-electron chi connectivity index (χ2n) is 6.19. The van der Waals surface area contributed by atoms with Crippen LogP contribution < -0.4 is 11.1 Å². The molecule has 3 nitrogen and oxygen atoms in total. The molecule has 0 radical (unpaired) electrons. The Kier molecular flexibility index (Phi) is 4.38. The van der Waals surface area contributed by atoms with E-state index in [1.165, 1.54) is 0 Å². The van der Waals surface area contributed by atoms with Gasteiger partial charge in [-0.15, -0.1) is 0 Å². The van der Waals surface area contributed by atoms with Gasteiger partial charge in [-0.1, -0.05) is 51.1 Å². The number of aliphatic imine (C=N–C) groups is 1. The van der Waals surface area contributed by atoms with Crippen molar-refractivity contribution in [2.24, 2.45) is 16.1 Å². The van der Waals surface area contributed by atoms with E-state index in [1.54, 1.807) is 0 Å². The second-order valence-corrected chi connectivity index (χ2v) is 6.19. The molecule has 1 rings (SSSR count). The number of guanidine groups is 1. The maximum absolute atomic E-state index is 5.94. The predicted octanol–water partition coefficient (Wildman–Crippen LogP) is 2.92. The van der Waals surface area contributed by atoms with Gasteiger partial charge in [-0.2, -0.15) is 0 Å². The van der Waals surface area contributed by atoms with Gasteiger partial charge in [0.05, 0.1) is 6.54 Å². The van der Waals surface area contributed by atoms with Crippen molar-refractivity contribution in [1.82, 2.24) is 5.32 Å². The molecule has 0 aliphatic rings. The summed E-state index contributed by atoms with van der Waals surface area (Å²) in [5, 5.41) is 3.29. The SMILES string of the molecule is CC(C)(C)C(C)(C)NC(N)=NCc1ccccc1. The lowest BCUT2D eigenvalue weighted by Gasteiger charge is -2.39. The largest absolute Gasteiger partial charge is 0.370 e. The average Bonchev–Trinajstić information content (AvgIpc) is 2.26. The molecule has 0 spiro atoms. The summed E-state index contributed by atoms with van der Waals surface area (Å²) in [5.41, 5.74) is 7.12. The first-order valence-corrected chi connectivity index (χ1v) is 6.34. The van der Waals surface area contributed by atoms with Crippen LogP contribution in [0.5, 0.6) is 0 Å². The fourth-order valence-corrected chi connectivity index (χ4v) is 1.31. The maximum atomic E-state index is 5.94. The molecule has 0 atom stereocenters. The van der Waals surface area contributed by atoms with Crippen molar-refractivity contribution in [3.63, 3.8) is 0 Å². The van der Waals surface area contributed by atoms with Crippen LogP contribution >= 0.6 is 0 Å². The molecule has 0 saturated heterocycles. The van der Waals surface area contributed by atoms with Crippen LogP contribution in [0.4, 0.5) is 0 Å². The van der Waals surface area contributed by atoms with Crippen molar-refractivity contribution < 1.29 is 0 Å². The Morgan fingerprint density at radius 1 is 1.11 bits per heavy atom. The highest BCUT2D eigenvalue weighted by atomic mass is 15.1. The molecule has 0 heterocycles. The Morgan fingerprint density at radius 2 is 1.67 bits per heavy atom. The lowest BCUT2D eigenvalue weighted by molar-refractivity contribution is 0.204. The number of hydrogen-bond acceptors (Lipinski definition) is 1. The lowest BCUT2D eigenvalue weighted by Crippen LogP contribution is -2.54. The van der Waals surface area contributed by atoms with Crippen molar-refractivity contribution in [2.75, 3.05) is 0 Å². The molecule has 1 aromatic rings. The summed E-state index contributed by atoms with van der Waals surface area (Å²) >= 11 is 0. The fourth-order valence-electron chi connectivity index (χ4n) is 1.31. The van der Waals surface area contributed by atoms with Crippen LogP contribution in [0.2, 0.25) is 0 Å². The van der Waals surface area contributed by atoms with E-state index >= 15 is 0 Å². The van der Waals surface area contributed by atoms with Crippen molar-refractivity contribution in [1.29, 1.82) is 0 Å². The molecule has 0 unspecified atom stereocenters. The second kappa shape index (κ2) is 5.42. The van der Waals surface area contributed by atoms with E-state index in [0.29, 0.717) is 12.5 Å². The molecule has 0 aromatic heterocycles. The first kappa shape index (κ1) is 14.6. The Hall–Kier alpha value is -1.51. The van der Waals surface area contributed by atoms with Crippen molar-refractivity contribution in [3.05, 3.63) is 35.9 Å². The van der Waals surface area contributed by atoms with E-state index in [9.17, 15) is 0 Å². The molecule has 0 aliphatic heterocycles. The summed E-state index contributed by atoms with van der Waals surface area (Å²) in [7, 11) is 0. The van der Waals surface area contributed by atoms with E-state index < -0.39 is 0 Å². The molecule has 0 saturated carbocycles. The molecule has 0 amide bonds. The van der Waals surface area contributed by atoms with E-state index in [0.717, 1.165) is 5.56 Å². The van der Waals surface area contributed by atoms with E-state index in [4.69, 9.17) is 5.73 Å². The number of nitrogens with zero attached hydrogens (tertiary/aromatic N) is 1. The summed E-state index contributed by atoms with van der Waals surface area (Å²) in [6.45, 7) is 11.4. The van der Waals surface area contributed by atoms with Crippen molar-refractivity contribution >= 4 is 5.96 Å². The quantitative estimate of drug-likeness (QED) is 0.637. The van der Waals surface area contributed by atoms with Crippen LogP contribution in [0.1, 0.15) is 40.2 Å². The van der Waals surface area contributed by atoms with Gasteiger partial charge in [0, 0.05) is 5.54 Å². The van der Waals surface area contributed by atoms with Crippen molar-refractivity contribution in [3.8, 4) is 0 Å². The van der Waals surface area contributed by atoms with Gasteiger partial charge in [-0.3, -0.25) is 0 Å². The summed E-state index contributed by atoms with van der Waals surface area (Å²) in [4.78, 5) is 4.38. The van der Waals surface area contributed by atoms with Crippen molar-refractivity contribution in [2.45, 2.75) is 46.7 Å². The molecular weight excluding hydrogens is 222 g/mol. The Morgan fingerprint density at radius 3 is 2.17 bits per heavy atom. The third kappa shape index (κ3) is 4.06. The Balaban J connectivity index is 2.63. The normalized spacial score (nSPS) is 13.5. The molecule has 1 aromatic carbocycles.